The van der Waals surface area contributed by atoms with E-state index >= 15 is 0 Å². The van der Waals surface area contributed by atoms with Crippen LogP contribution < -0.4 is 5.82 Å². The largest absolute Gasteiger partial charge is 0.519 e. The minimum absolute atomic E-state index is 0.520. The molecule has 0 aliphatic heterocycles. The molecule has 3 aromatic heterocycles. The molecule has 2 unspecified atom stereocenters. The molecule has 4 heteroatoms. The Labute approximate surface area is 89.1 Å². The summed E-state index contributed by atoms with van der Waals surface area (Å²) < 4.78 is 15.8. The highest BCUT2D eigenvalue weighted by Gasteiger charge is 2.44. The first-order valence-corrected chi connectivity index (χ1v) is 5.64. The number of rotatable bonds is 0. The van der Waals surface area contributed by atoms with Crippen LogP contribution >= 0.6 is 0 Å². The number of hydrogen-bond acceptors (Lipinski definition) is 4. The number of fused-ring (bicyclic) bond motifs is 12. The van der Waals surface area contributed by atoms with Gasteiger partial charge in [-0.2, -0.15) is 0 Å². The van der Waals surface area contributed by atoms with Crippen LogP contribution in [0.5, 0.6) is 0 Å². The highest BCUT2D eigenvalue weighted by Crippen LogP contribution is 2.59. The fraction of sp³-hybridized carbons (Fsp3) is 0.417. The molecule has 2 aliphatic rings. The Morgan fingerprint density at radius 2 is 1.38 bits per heavy atom. The standard InChI is InChI=1S/C12H8O4/c13-12-15-10-8-6-4-1-2-5(3-4)7(6)9(14-8)11(10)16-12/h4-5H,1-3H2. The third-order valence-corrected chi connectivity index (χ3v) is 4.22. The van der Waals surface area contributed by atoms with Crippen LogP contribution in [0, 0.1) is 0 Å². The molecule has 0 aromatic carbocycles. The molecule has 0 spiro atoms. The van der Waals surface area contributed by atoms with Crippen LogP contribution in [0.2, 0.25) is 0 Å². The minimum atomic E-state index is -0.628. The Bertz CT molecular complexity index is 712. The quantitative estimate of drug-likeness (QED) is 0.579. The second-order valence-corrected chi connectivity index (χ2v) is 4.91. The van der Waals surface area contributed by atoms with Crippen molar-refractivity contribution >= 4 is 22.3 Å². The summed E-state index contributed by atoms with van der Waals surface area (Å²) in [5, 5.41) is 0. The van der Waals surface area contributed by atoms with Gasteiger partial charge in [-0.3, -0.25) is 0 Å². The van der Waals surface area contributed by atoms with Gasteiger partial charge in [0.25, 0.3) is 0 Å². The van der Waals surface area contributed by atoms with Crippen molar-refractivity contribution in [2.75, 3.05) is 0 Å². The van der Waals surface area contributed by atoms with Crippen molar-refractivity contribution in [2.45, 2.75) is 31.1 Å². The van der Waals surface area contributed by atoms with E-state index < -0.39 is 5.82 Å². The topological polar surface area (TPSA) is 56.5 Å². The third kappa shape index (κ3) is 0.595. The van der Waals surface area contributed by atoms with Crippen molar-refractivity contribution in [3.63, 3.8) is 0 Å². The van der Waals surface area contributed by atoms with E-state index in [1.807, 2.05) is 0 Å². The third-order valence-electron chi connectivity index (χ3n) is 4.22. The van der Waals surface area contributed by atoms with Crippen molar-refractivity contribution < 1.29 is 13.3 Å². The van der Waals surface area contributed by atoms with E-state index in [0.29, 0.717) is 23.0 Å². The van der Waals surface area contributed by atoms with Gasteiger partial charge in [-0.1, -0.05) is 0 Å². The maximum atomic E-state index is 11.1. The molecule has 4 nitrogen and oxygen atoms in total. The van der Waals surface area contributed by atoms with E-state index in [0.717, 1.165) is 11.2 Å². The SMILES string of the molecule is O=c1oc2c3oc(c4c3C3CCC4C3)c2o1. The fourth-order valence-electron chi connectivity index (χ4n) is 3.69. The van der Waals surface area contributed by atoms with Crippen LogP contribution in [0.3, 0.4) is 0 Å². The summed E-state index contributed by atoms with van der Waals surface area (Å²) >= 11 is 0. The molecule has 5 rings (SSSR count). The van der Waals surface area contributed by atoms with Crippen LogP contribution in [0.25, 0.3) is 22.3 Å². The molecule has 3 aromatic rings. The molecule has 4 bridgehead atoms. The molecule has 16 heavy (non-hydrogen) atoms. The van der Waals surface area contributed by atoms with Crippen LogP contribution in [0.15, 0.2) is 18.0 Å². The summed E-state index contributed by atoms with van der Waals surface area (Å²) in [4.78, 5) is 11.1. The maximum Gasteiger partial charge on any atom is 0.519 e. The molecule has 80 valence electrons. The Balaban J connectivity index is 2.07. The van der Waals surface area contributed by atoms with Gasteiger partial charge in [0, 0.05) is 11.1 Å². The van der Waals surface area contributed by atoms with Gasteiger partial charge in [0.2, 0.25) is 11.2 Å². The average molecular weight is 216 g/mol. The average Bonchev–Trinajstić information content (AvgIpc) is 2.98. The molecule has 0 radical (unpaired) electrons. The minimum Gasteiger partial charge on any atom is -0.449 e. The van der Waals surface area contributed by atoms with Gasteiger partial charge in [0.1, 0.15) is 0 Å². The second-order valence-electron chi connectivity index (χ2n) is 4.91. The summed E-state index contributed by atoms with van der Waals surface area (Å²) in [7, 11) is 0. The smallest absolute Gasteiger partial charge is 0.449 e. The van der Waals surface area contributed by atoms with Gasteiger partial charge in [0.05, 0.1) is 0 Å². The van der Waals surface area contributed by atoms with Crippen LogP contribution in [-0.2, 0) is 0 Å². The van der Waals surface area contributed by atoms with Crippen molar-refractivity contribution in [3.8, 4) is 0 Å². The molecule has 0 saturated heterocycles. The fourth-order valence-corrected chi connectivity index (χ4v) is 3.69. The lowest BCUT2D eigenvalue weighted by Gasteiger charge is -2.09. The van der Waals surface area contributed by atoms with Crippen LogP contribution in [-0.4, -0.2) is 0 Å². The van der Waals surface area contributed by atoms with E-state index in [1.54, 1.807) is 0 Å². The predicted octanol–water partition coefficient (Wildman–Crippen LogP) is 2.93. The monoisotopic (exact) mass is 216 g/mol. The molecular weight excluding hydrogens is 208 g/mol. The number of benzene rings is 1. The van der Waals surface area contributed by atoms with E-state index in [-0.39, 0.29) is 0 Å². The zero-order chi connectivity index (χ0) is 10.4. The van der Waals surface area contributed by atoms with Crippen molar-refractivity contribution in [3.05, 3.63) is 21.7 Å². The second kappa shape index (κ2) is 2.05. The molecule has 0 amide bonds. The van der Waals surface area contributed by atoms with Gasteiger partial charge in [-0.05, 0) is 31.1 Å². The summed E-state index contributed by atoms with van der Waals surface area (Å²) in [6.07, 6.45) is 3.71. The van der Waals surface area contributed by atoms with Gasteiger partial charge in [-0.25, -0.2) is 4.79 Å². The van der Waals surface area contributed by atoms with E-state index in [2.05, 4.69) is 0 Å². The highest BCUT2D eigenvalue weighted by molar-refractivity contribution is 6.04. The lowest BCUT2D eigenvalue weighted by atomic mass is 9.92. The first-order chi connectivity index (χ1) is 7.83. The molecule has 1 saturated carbocycles. The maximum absolute atomic E-state index is 11.1. The normalized spacial score (nSPS) is 27.5. The van der Waals surface area contributed by atoms with Gasteiger partial charge in [0.15, 0.2) is 11.2 Å². The highest BCUT2D eigenvalue weighted by atomic mass is 16.6. The van der Waals surface area contributed by atoms with E-state index in [1.165, 1.54) is 30.4 Å². The molecule has 2 aliphatic carbocycles. The van der Waals surface area contributed by atoms with Crippen molar-refractivity contribution in [1.29, 1.82) is 0 Å². The van der Waals surface area contributed by atoms with Gasteiger partial charge >= 0.3 is 5.82 Å². The molecular formula is C12H8O4. The van der Waals surface area contributed by atoms with Crippen LogP contribution in [0.4, 0.5) is 0 Å². The lowest BCUT2D eigenvalue weighted by molar-refractivity contribution is 0.405. The zero-order valence-corrected chi connectivity index (χ0v) is 8.41. The van der Waals surface area contributed by atoms with E-state index in [9.17, 15) is 4.79 Å². The Morgan fingerprint density at radius 1 is 0.812 bits per heavy atom. The van der Waals surface area contributed by atoms with Gasteiger partial charge < -0.3 is 13.3 Å². The van der Waals surface area contributed by atoms with E-state index in [4.69, 9.17) is 13.3 Å². The molecule has 1 fully saturated rings. The van der Waals surface area contributed by atoms with Crippen molar-refractivity contribution in [2.24, 2.45) is 0 Å². The Kier molecular flexibility index (Phi) is 0.967. The summed E-state index contributed by atoms with van der Waals surface area (Å²) in [6, 6.07) is 0. The lowest BCUT2D eigenvalue weighted by Crippen LogP contribution is -1.95. The Hall–Kier alpha value is -1.71. The number of furan rings is 2. The molecule has 3 heterocycles. The number of hydrogen-bond donors (Lipinski definition) is 0. The molecule has 0 N–H and O–H groups in total. The van der Waals surface area contributed by atoms with Crippen LogP contribution in [0.1, 0.15) is 42.2 Å². The first kappa shape index (κ1) is 7.54. The van der Waals surface area contributed by atoms with Crippen molar-refractivity contribution in [1.82, 2.24) is 0 Å². The zero-order valence-electron chi connectivity index (χ0n) is 8.41. The molecule has 2 atom stereocenters. The first-order valence-electron chi connectivity index (χ1n) is 5.64. The summed E-state index contributed by atoms with van der Waals surface area (Å²) in [5.74, 6) is 0.596. The summed E-state index contributed by atoms with van der Waals surface area (Å²) in [5.41, 5.74) is 5.15. The van der Waals surface area contributed by atoms with Gasteiger partial charge in [-0.15, -0.1) is 0 Å². The predicted molar refractivity (Wildman–Crippen MR) is 55.0 cm³/mol. The Morgan fingerprint density at radius 3 is 1.94 bits per heavy atom. The summed E-state index contributed by atoms with van der Waals surface area (Å²) in [6.45, 7) is 0.